The number of amides is 1. The van der Waals surface area contributed by atoms with Crippen LogP contribution in [0, 0.1) is 0 Å². The largest absolute Gasteiger partial charge is 0.399 e. The summed E-state index contributed by atoms with van der Waals surface area (Å²) in [6.45, 7) is 9.40. The van der Waals surface area contributed by atoms with E-state index in [1.54, 1.807) is 0 Å². The van der Waals surface area contributed by atoms with E-state index in [0.717, 1.165) is 24.3 Å². The number of hydrogen-bond acceptors (Lipinski definition) is 2. The van der Waals surface area contributed by atoms with Crippen LogP contribution in [0.25, 0.3) is 0 Å². The number of carbonyl (C=O) groups is 1. The summed E-state index contributed by atoms with van der Waals surface area (Å²) in [4.78, 5) is 14.3. The lowest BCUT2D eigenvalue weighted by atomic mass is 9.83. The van der Waals surface area contributed by atoms with Crippen LogP contribution in [0.3, 0.4) is 0 Å². The van der Waals surface area contributed by atoms with E-state index in [1.165, 1.54) is 0 Å². The molecule has 0 aliphatic rings. The van der Waals surface area contributed by atoms with Crippen LogP contribution in [-0.4, -0.2) is 23.9 Å². The Morgan fingerprint density at radius 2 is 1.65 bits per heavy atom. The van der Waals surface area contributed by atoms with Crippen molar-refractivity contribution in [1.29, 1.82) is 0 Å². The fourth-order valence-corrected chi connectivity index (χ4v) is 1.93. The molecule has 0 aliphatic heterocycles. The van der Waals surface area contributed by atoms with Gasteiger partial charge in [-0.3, -0.25) is 4.79 Å². The van der Waals surface area contributed by atoms with Gasteiger partial charge in [-0.15, -0.1) is 0 Å². The van der Waals surface area contributed by atoms with Crippen LogP contribution >= 0.6 is 0 Å². The Bertz CT molecular complexity index is 378. The Morgan fingerprint density at radius 1 is 1.18 bits per heavy atom. The molecule has 0 unspecified atom stereocenters. The SMILES string of the molecule is CCN(CC)C(=O)C(C)(C)c1ccc(N)cc1. The topological polar surface area (TPSA) is 46.3 Å². The lowest BCUT2D eigenvalue weighted by molar-refractivity contribution is -0.135. The van der Waals surface area contributed by atoms with Crippen molar-refractivity contribution in [2.45, 2.75) is 33.1 Å². The van der Waals surface area contributed by atoms with E-state index in [2.05, 4.69) is 0 Å². The monoisotopic (exact) mass is 234 g/mol. The minimum absolute atomic E-state index is 0.160. The summed E-state index contributed by atoms with van der Waals surface area (Å²) in [6.07, 6.45) is 0. The first kappa shape index (κ1) is 13.6. The van der Waals surface area contributed by atoms with Crippen molar-refractivity contribution >= 4 is 11.6 Å². The normalized spacial score (nSPS) is 11.3. The van der Waals surface area contributed by atoms with Crippen molar-refractivity contribution in [1.82, 2.24) is 4.90 Å². The molecule has 0 atom stereocenters. The summed E-state index contributed by atoms with van der Waals surface area (Å²) in [5.41, 5.74) is 6.89. The first-order valence-corrected chi connectivity index (χ1v) is 6.08. The molecule has 0 saturated carbocycles. The van der Waals surface area contributed by atoms with E-state index in [-0.39, 0.29) is 5.91 Å². The zero-order valence-corrected chi connectivity index (χ0v) is 11.2. The number of benzene rings is 1. The third-order valence-corrected chi connectivity index (χ3v) is 3.22. The average molecular weight is 234 g/mol. The van der Waals surface area contributed by atoms with Crippen LogP contribution in [0.5, 0.6) is 0 Å². The van der Waals surface area contributed by atoms with Crippen LogP contribution < -0.4 is 5.73 Å². The number of carbonyl (C=O) groups excluding carboxylic acids is 1. The molecule has 94 valence electrons. The third-order valence-electron chi connectivity index (χ3n) is 3.22. The lowest BCUT2D eigenvalue weighted by Crippen LogP contribution is -2.43. The summed E-state index contributed by atoms with van der Waals surface area (Å²) in [5, 5.41) is 0. The van der Waals surface area contributed by atoms with Gasteiger partial charge in [0.2, 0.25) is 5.91 Å². The van der Waals surface area contributed by atoms with Gasteiger partial charge >= 0.3 is 0 Å². The smallest absolute Gasteiger partial charge is 0.232 e. The van der Waals surface area contributed by atoms with Gasteiger partial charge < -0.3 is 10.6 Å². The van der Waals surface area contributed by atoms with Crippen LogP contribution in [-0.2, 0) is 10.2 Å². The molecule has 0 saturated heterocycles. The van der Waals surface area contributed by atoms with Gasteiger partial charge in [0, 0.05) is 18.8 Å². The quantitative estimate of drug-likeness (QED) is 0.813. The number of rotatable bonds is 4. The molecule has 3 nitrogen and oxygen atoms in total. The van der Waals surface area contributed by atoms with Crippen molar-refractivity contribution in [3.05, 3.63) is 29.8 Å². The fourth-order valence-electron chi connectivity index (χ4n) is 1.93. The van der Waals surface area contributed by atoms with Gasteiger partial charge in [0.15, 0.2) is 0 Å². The molecule has 0 aliphatic carbocycles. The highest BCUT2D eigenvalue weighted by Crippen LogP contribution is 2.26. The molecule has 1 aromatic carbocycles. The molecule has 0 fully saturated rings. The molecule has 3 heteroatoms. The summed E-state index contributed by atoms with van der Waals surface area (Å²) in [7, 11) is 0. The predicted molar refractivity (Wildman–Crippen MR) is 71.8 cm³/mol. The minimum Gasteiger partial charge on any atom is -0.399 e. The van der Waals surface area contributed by atoms with Crippen molar-refractivity contribution < 1.29 is 4.79 Å². The Balaban J connectivity index is 3.01. The maximum Gasteiger partial charge on any atom is 0.232 e. The predicted octanol–water partition coefficient (Wildman–Crippen LogP) is 2.41. The maximum absolute atomic E-state index is 12.4. The summed E-state index contributed by atoms with van der Waals surface area (Å²) < 4.78 is 0. The van der Waals surface area contributed by atoms with Gasteiger partial charge in [0.05, 0.1) is 5.41 Å². The number of nitrogens with two attached hydrogens (primary N) is 1. The van der Waals surface area contributed by atoms with Gasteiger partial charge in [0.25, 0.3) is 0 Å². The number of likely N-dealkylation sites (N-methyl/N-ethyl adjacent to an activating group) is 1. The highest BCUT2D eigenvalue weighted by molar-refractivity contribution is 5.87. The van der Waals surface area contributed by atoms with Gasteiger partial charge in [-0.05, 0) is 45.4 Å². The molecule has 1 rings (SSSR count). The maximum atomic E-state index is 12.4. The molecule has 17 heavy (non-hydrogen) atoms. The number of anilines is 1. The van der Waals surface area contributed by atoms with Gasteiger partial charge in [-0.1, -0.05) is 12.1 Å². The van der Waals surface area contributed by atoms with E-state index >= 15 is 0 Å². The first-order chi connectivity index (χ1) is 7.93. The number of hydrogen-bond donors (Lipinski definition) is 1. The molecular weight excluding hydrogens is 212 g/mol. The molecule has 1 aromatic rings. The summed E-state index contributed by atoms with van der Waals surface area (Å²) in [6, 6.07) is 7.53. The molecule has 0 radical (unpaired) electrons. The Morgan fingerprint density at radius 3 is 2.06 bits per heavy atom. The van der Waals surface area contributed by atoms with Crippen molar-refractivity contribution in [3.63, 3.8) is 0 Å². The summed E-state index contributed by atoms with van der Waals surface area (Å²) >= 11 is 0. The Labute approximate surface area is 104 Å². The third kappa shape index (κ3) is 2.78. The number of nitrogens with zero attached hydrogens (tertiary/aromatic N) is 1. The summed E-state index contributed by atoms with van der Waals surface area (Å²) in [5.74, 6) is 0.160. The van der Waals surface area contributed by atoms with Gasteiger partial charge in [-0.25, -0.2) is 0 Å². The van der Waals surface area contributed by atoms with Crippen LogP contribution in [0.2, 0.25) is 0 Å². The second kappa shape index (κ2) is 5.21. The van der Waals surface area contributed by atoms with Crippen molar-refractivity contribution in [3.8, 4) is 0 Å². The van der Waals surface area contributed by atoms with Gasteiger partial charge in [-0.2, -0.15) is 0 Å². The average Bonchev–Trinajstić information content (AvgIpc) is 2.31. The molecule has 1 amide bonds. The van der Waals surface area contributed by atoms with E-state index in [1.807, 2.05) is 56.9 Å². The standard InChI is InChI=1S/C14H22N2O/c1-5-16(6-2)13(17)14(3,4)11-7-9-12(15)10-8-11/h7-10H,5-6,15H2,1-4H3. The highest BCUT2D eigenvalue weighted by Gasteiger charge is 2.32. The zero-order chi connectivity index (χ0) is 13.1. The lowest BCUT2D eigenvalue weighted by Gasteiger charge is -2.31. The second-order valence-electron chi connectivity index (χ2n) is 4.72. The van der Waals surface area contributed by atoms with Crippen molar-refractivity contribution in [2.24, 2.45) is 0 Å². The minimum atomic E-state index is -0.500. The Kier molecular flexibility index (Phi) is 4.16. The molecule has 2 N–H and O–H groups in total. The van der Waals surface area contributed by atoms with E-state index in [9.17, 15) is 4.79 Å². The van der Waals surface area contributed by atoms with E-state index in [4.69, 9.17) is 5.73 Å². The fraction of sp³-hybridized carbons (Fsp3) is 0.500. The van der Waals surface area contributed by atoms with Gasteiger partial charge in [0.1, 0.15) is 0 Å². The second-order valence-corrected chi connectivity index (χ2v) is 4.72. The number of nitrogen functional groups attached to an aromatic ring is 1. The molecule has 0 heterocycles. The van der Waals surface area contributed by atoms with Crippen LogP contribution in [0.4, 0.5) is 5.69 Å². The molecule has 0 aromatic heterocycles. The highest BCUT2D eigenvalue weighted by atomic mass is 16.2. The van der Waals surface area contributed by atoms with Crippen molar-refractivity contribution in [2.75, 3.05) is 18.8 Å². The van der Waals surface area contributed by atoms with E-state index < -0.39 is 5.41 Å². The molecular formula is C14H22N2O. The zero-order valence-electron chi connectivity index (χ0n) is 11.2. The molecule has 0 bridgehead atoms. The molecule has 0 spiro atoms. The Hall–Kier alpha value is -1.51. The van der Waals surface area contributed by atoms with Crippen LogP contribution in [0.15, 0.2) is 24.3 Å². The van der Waals surface area contributed by atoms with E-state index in [0.29, 0.717) is 0 Å². The van der Waals surface area contributed by atoms with Crippen LogP contribution in [0.1, 0.15) is 33.3 Å². The first-order valence-electron chi connectivity index (χ1n) is 6.08.